The second-order valence-electron chi connectivity index (χ2n) is 4.87. The molecule has 1 N–H and O–H groups in total. The van der Waals surface area contributed by atoms with E-state index >= 15 is 0 Å². The van der Waals surface area contributed by atoms with Crippen molar-refractivity contribution in [3.8, 4) is 0 Å². The highest BCUT2D eigenvalue weighted by Gasteiger charge is 2.13. The zero-order valence-electron chi connectivity index (χ0n) is 12.6. The van der Waals surface area contributed by atoms with Gasteiger partial charge in [0.2, 0.25) is 10.0 Å². The predicted octanol–water partition coefficient (Wildman–Crippen LogP) is 2.17. The van der Waals surface area contributed by atoms with E-state index in [1.807, 2.05) is 30.3 Å². The molecule has 2 aromatic carbocycles. The molecule has 0 aliphatic rings. The second-order valence-corrected chi connectivity index (χ2v) is 6.63. The maximum atomic E-state index is 12.2. The lowest BCUT2D eigenvalue weighted by Crippen LogP contribution is -2.25. The molecule has 0 spiro atoms. The van der Waals surface area contributed by atoms with E-state index in [0.29, 0.717) is 32.8 Å². The predicted molar refractivity (Wildman–Crippen MR) is 86.4 cm³/mol. The highest BCUT2D eigenvalue weighted by atomic mass is 32.2. The molecular weight excluding hydrogens is 302 g/mol. The maximum Gasteiger partial charge on any atom is 0.240 e. The van der Waals surface area contributed by atoms with Crippen LogP contribution in [0.1, 0.15) is 6.42 Å². The summed E-state index contributed by atoms with van der Waals surface area (Å²) >= 11 is 0. The minimum Gasteiger partial charge on any atom is -0.382 e. The Bertz CT molecular complexity index is 700. The van der Waals surface area contributed by atoms with Gasteiger partial charge in [0.25, 0.3) is 0 Å². The molecule has 0 aromatic heterocycles. The van der Waals surface area contributed by atoms with Crippen LogP contribution in [0.2, 0.25) is 0 Å². The zero-order valence-corrected chi connectivity index (χ0v) is 13.4. The van der Waals surface area contributed by atoms with Crippen LogP contribution in [-0.2, 0) is 19.5 Å². The smallest absolute Gasteiger partial charge is 0.240 e. The lowest BCUT2D eigenvalue weighted by atomic mass is 10.1. The Morgan fingerprint density at radius 1 is 1.00 bits per heavy atom. The van der Waals surface area contributed by atoms with E-state index in [-0.39, 0.29) is 4.90 Å². The second kappa shape index (κ2) is 8.24. The van der Waals surface area contributed by atoms with Gasteiger partial charge >= 0.3 is 0 Å². The molecule has 6 heteroatoms. The van der Waals surface area contributed by atoms with Crippen molar-refractivity contribution in [2.24, 2.45) is 0 Å². The summed E-state index contributed by atoms with van der Waals surface area (Å²) in [5, 5.41) is 1.93. The number of benzene rings is 2. The summed E-state index contributed by atoms with van der Waals surface area (Å²) in [4.78, 5) is 0.284. The van der Waals surface area contributed by atoms with E-state index in [4.69, 9.17) is 9.47 Å². The van der Waals surface area contributed by atoms with Crippen molar-refractivity contribution in [1.29, 1.82) is 0 Å². The largest absolute Gasteiger partial charge is 0.382 e. The van der Waals surface area contributed by atoms with E-state index in [1.54, 1.807) is 19.2 Å². The van der Waals surface area contributed by atoms with E-state index in [0.717, 1.165) is 10.8 Å². The third-order valence-electron chi connectivity index (χ3n) is 3.22. The fourth-order valence-corrected chi connectivity index (χ4v) is 3.15. The Morgan fingerprint density at radius 3 is 2.55 bits per heavy atom. The summed E-state index contributed by atoms with van der Waals surface area (Å²) in [6.45, 7) is 1.92. The molecule has 5 nitrogen and oxygen atoms in total. The molecule has 0 atom stereocenters. The van der Waals surface area contributed by atoms with E-state index in [9.17, 15) is 8.42 Å². The van der Waals surface area contributed by atoms with Crippen LogP contribution in [0.25, 0.3) is 10.8 Å². The number of sulfonamides is 1. The van der Waals surface area contributed by atoms with Crippen molar-refractivity contribution in [1.82, 2.24) is 4.72 Å². The molecule has 22 heavy (non-hydrogen) atoms. The highest BCUT2D eigenvalue weighted by molar-refractivity contribution is 7.89. The van der Waals surface area contributed by atoms with Crippen LogP contribution < -0.4 is 4.72 Å². The van der Waals surface area contributed by atoms with Crippen LogP contribution in [0.4, 0.5) is 0 Å². The van der Waals surface area contributed by atoms with E-state index < -0.39 is 10.0 Å². The van der Waals surface area contributed by atoms with Gasteiger partial charge in [-0.1, -0.05) is 30.3 Å². The van der Waals surface area contributed by atoms with Crippen LogP contribution in [-0.4, -0.2) is 41.9 Å². The van der Waals surface area contributed by atoms with Gasteiger partial charge < -0.3 is 9.47 Å². The number of rotatable bonds is 9. The molecule has 0 radical (unpaired) electrons. The van der Waals surface area contributed by atoms with Gasteiger partial charge in [-0.05, 0) is 29.3 Å². The summed E-state index contributed by atoms with van der Waals surface area (Å²) in [6.07, 6.45) is 0.622. The summed E-state index contributed by atoms with van der Waals surface area (Å²) in [5.74, 6) is 0. The molecule has 0 unspecified atom stereocenters. The average Bonchev–Trinajstić information content (AvgIpc) is 2.53. The Labute approximate surface area is 131 Å². The number of fused-ring (bicyclic) bond motifs is 1. The Hall–Kier alpha value is -1.47. The molecule has 0 aliphatic carbocycles. The molecule has 0 bridgehead atoms. The topological polar surface area (TPSA) is 64.6 Å². The molecule has 2 aromatic rings. The first-order chi connectivity index (χ1) is 10.6. The van der Waals surface area contributed by atoms with Crippen LogP contribution in [0.15, 0.2) is 47.4 Å². The minimum atomic E-state index is -3.48. The van der Waals surface area contributed by atoms with Crippen LogP contribution in [0.3, 0.4) is 0 Å². The van der Waals surface area contributed by atoms with Gasteiger partial charge in [0.1, 0.15) is 0 Å². The number of nitrogens with one attached hydrogen (secondary N) is 1. The molecular formula is C16H21NO4S. The van der Waals surface area contributed by atoms with Gasteiger partial charge in [0, 0.05) is 20.3 Å². The first-order valence-corrected chi connectivity index (χ1v) is 8.67. The van der Waals surface area contributed by atoms with Gasteiger partial charge in [0.15, 0.2) is 0 Å². The Morgan fingerprint density at radius 2 is 1.77 bits per heavy atom. The quantitative estimate of drug-likeness (QED) is 0.718. The highest BCUT2D eigenvalue weighted by Crippen LogP contribution is 2.18. The van der Waals surface area contributed by atoms with Gasteiger partial charge in [-0.3, -0.25) is 0 Å². The van der Waals surface area contributed by atoms with Gasteiger partial charge in [-0.2, -0.15) is 0 Å². The van der Waals surface area contributed by atoms with Crippen LogP contribution in [0, 0.1) is 0 Å². The lowest BCUT2D eigenvalue weighted by Gasteiger charge is -2.08. The lowest BCUT2D eigenvalue weighted by molar-refractivity contribution is 0.0699. The standard InChI is InChI=1S/C16H21NO4S/c1-20-11-12-21-10-4-9-17-22(18,19)16-8-7-14-5-2-3-6-15(14)13-16/h2-3,5-8,13,17H,4,9-12H2,1H3. The minimum absolute atomic E-state index is 0.284. The summed E-state index contributed by atoms with van der Waals surface area (Å²) in [5.41, 5.74) is 0. The van der Waals surface area contributed by atoms with Crippen molar-refractivity contribution in [2.45, 2.75) is 11.3 Å². The van der Waals surface area contributed by atoms with Gasteiger partial charge in [-0.15, -0.1) is 0 Å². The van der Waals surface area contributed by atoms with Crippen molar-refractivity contribution in [2.75, 3.05) is 33.5 Å². The first kappa shape index (κ1) is 16.9. The SMILES string of the molecule is COCCOCCCNS(=O)(=O)c1ccc2ccccc2c1. The Kier molecular flexibility index (Phi) is 6.33. The van der Waals surface area contributed by atoms with Crippen molar-refractivity contribution in [3.63, 3.8) is 0 Å². The van der Waals surface area contributed by atoms with Crippen LogP contribution >= 0.6 is 0 Å². The number of hydrogen-bond acceptors (Lipinski definition) is 4. The summed E-state index contributed by atoms with van der Waals surface area (Å²) < 4.78 is 37.2. The van der Waals surface area contributed by atoms with Gasteiger partial charge in [0.05, 0.1) is 18.1 Å². The third kappa shape index (κ3) is 4.78. The number of hydrogen-bond donors (Lipinski definition) is 1. The fourth-order valence-electron chi connectivity index (χ4n) is 2.04. The summed E-state index contributed by atoms with van der Waals surface area (Å²) in [6, 6.07) is 12.8. The molecule has 2 rings (SSSR count). The van der Waals surface area contributed by atoms with E-state index in [2.05, 4.69) is 4.72 Å². The van der Waals surface area contributed by atoms with Crippen molar-refractivity contribution in [3.05, 3.63) is 42.5 Å². The number of methoxy groups -OCH3 is 1. The molecule has 0 aliphatic heterocycles. The monoisotopic (exact) mass is 323 g/mol. The maximum absolute atomic E-state index is 12.2. The Balaban J connectivity index is 1.89. The van der Waals surface area contributed by atoms with Crippen LogP contribution in [0.5, 0.6) is 0 Å². The van der Waals surface area contributed by atoms with Gasteiger partial charge in [-0.25, -0.2) is 13.1 Å². The fraction of sp³-hybridized carbons (Fsp3) is 0.375. The molecule has 120 valence electrons. The van der Waals surface area contributed by atoms with Crippen molar-refractivity contribution < 1.29 is 17.9 Å². The summed E-state index contributed by atoms with van der Waals surface area (Å²) in [7, 11) is -1.87. The first-order valence-electron chi connectivity index (χ1n) is 7.18. The molecule has 0 heterocycles. The average molecular weight is 323 g/mol. The molecule has 0 saturated heterocycles. The number of ether oxygens (including phenoxy) is 2. The van der Waals surface area contributed by atoms with E-state index in [1.165, 1.54) is 0 Å². The third-order valence-corrected chi connectivity index (χ3v) is 4.68. The molecule has 0 fully saturated rings. The molecule has 0 amide bonds. The van der Waals surface area contributed by atoms with Crippen molar-refractivity contribution >= 4 is 20.8 Å². The molecule has 0 saturated carbocycles. The normalized spacial score (nSPS) is 11.9. The zero-order chi connectivity index (χ0) is 15.8.